The van der Waals surface area contributed by atoms with Crippen molar-refractivity contribution in [3.8, 4) is 5.75 Å². The number of aryl methyl sites for hydroxylation is 2. The van der Waals surface area contributed by atoms with Gasteiger partial charge >= 0.3 is 6.03 Å². The zero-order valence-corrected chi connectivity index (χ0v) is 16.0. The zero-order valence-electron chi connectivity index (χ0n) is 16.0. The van der Waals surface area contributed by atoms with Crippen LogP contribution < -0.4 is 15.4 Å². The van der Waals surface area contributed by atoms with E-state index in [-0.39, 0.29) is 18.1 Å². The van der Waals surface area contributed by atoms with Crippen LogP contribution in [0, 0.1) is 0 Å². The first kappa shape index (κ1) is 19.8. The number of benzene rings is 2. The lowest BCUT2D eigenvalue weighted by molar-refractivity contribution is 0.233. The monoisotopic (exact) mass is 354 g/mol. The van der Waals surface area contributed by atoms with Gasteiger partial charge in [0.15, 0.2) is 0 Å². The lowest BCUT2D eigenvalue weighted by atomic mass is 10.1. The molecule has 140 valence electrons. The van der Waals surface area contributed by atoms with Crippen LogP contribution in [0.2, 0.25) is 0 Å². The van der Waals surface area contributed by atoms with E-state index in [9.17, 15) is 4.79 Å². The van der Waals surface area contributed by atoms with Gasteiger partial charge in [-0.15, -0.1) is 0 Å². The Morgan fingerprint density at radius 1 is 0.846 bits per heavy atom. The molecule has 4 heteroatoms. The lowest BCUT2D eigenvalue weighted by Crippen LogP contribution is -2.44. The average Bonchev–Trinajstić information content (AvgIpc) is 2.66. The van der Waals surface area contributed by atoms with Crippen molar-refractivity contribution in [1.29, 1.82) is 0 Å². The van der Waals surface area contributed by atoms with Crippen LogP contribution >= 0.6 is 0 Å². The third-order valence-electron chi connectivity index (χ3n) is 4.49. The second-order valence-corrected chi connectivity index (χ2v) is 6.83. The van der Waals surface area contributed by atoms with E-state index < -0.39 is 0 Å². The van der Waals surface area contributed by atoms with Crippen LogP contribution in [0.5, 0.6) is 5.75 Å². The molecule has 0 aliphatic heterocycles. The molecule has 2 unspecified atom stereocenters. The van der Waals surface area contributed by atoms with Crippen LogP contribution in [0.3, 0.4) is 0 Å². The van der Waals surface area contributed by atoms with Crippen molar-refractivity contribution in [2.24, 2.45) is 0 Å². The maximum absolute atomic E-state index is 12.1. The Bertz CT molecular complexity index is 656. The molecule has 0 bridgehead atoms. The SMILES string of the molecule is COc1ccc(CCC(C)NC(=O)NC(C)CCc2ccccc2)cc1. The van der Waals surface area contributed by atoms with Crippen molar-refractivity contribution >= 4 is 6.03 Å². The largest absolute Gasteiger partial charge is 0.497 e. The van der Waals surface area contributed by atoms with Crippen LogP contribution in [0.4, 0.5) is 4.79 Å². The Morgan fingerprint density at radius 3 is 1.85 bits per heavy atom. The van der Waals surface area contributed by atoms with E-state index in [0.717, 1.165) is 31.4 Å². The van der Waals surface area contributed by atoms with Gasteiger partial charge in [-0.25, -0.2) is 4.79 Å². The van der Waals surface area contributed by atoms with Crippen LogP contribution in [-0.2, 0) is 12.8 Å². The van der Waals surface area contributed by atoms with Crippen molar-refractivity contribution in [2.75, 3.05) is 7.11 Å². The smallest absolute Gasteiger partial charge is 0.315 e. The summed E-state index contributed by atoms with van der Waals surface area (Å²) in [6.07, 6.45) is 3.72. The van der Waals surface area contributed by atoms with Crippen molar-refractivity contribution in [3.63, 3.8) is 0 Å². The van der Waals surface area contributed by atoms with Crippen molar-refractivity contribution in [2.45, 2.75) is 51.6 Å². The Kier molecular flexibility index (Phi) is 8.00. The molecule has 0 aromatic heterocycles. The molecule has 2 rings (SSSR count). The average molecular weight is 354 g/mol. The Labute approximate surface area is 157 Å². The highest BCUT2D eigenvalue weighted by Gasteiger charge is 2.10. The fourth-order valence-corrected chi connectivity index (χ4v) is 2.84. The third kappa shape index (κ3) is 7.18. The Morgan fingerprint density at radius 2 is 1.35 bits per heavy atom. The minimum Gasteiger partial charge on any atom is -0.497 e. The quantitative estimate of drug-likeness (QED) is 0.704. The van der Waals surface area contributed by atoms with Gasteiger partial charge in [-0.05, 0) is 62.8 Å². The maximum atomic E-state index is 12.1. The van der Waals surface area contributed by atoms with Crippen molar-refractivity contribution < 1.29 is 9.53 Å². The fraction of sp³-hybridized carbons (Fsp3) is 0.409. The van der Waals surface area contributed by atoms with E-state index in [0.29, 0.717) is 0 Å². The summed E-state index contributed by atoms with van der Waals surface area (Å²) in [5, 5.41) is 6.05. The molecule has 4 nitrogen and oxygen atoms in total. The topological polar surface area (TPSA) is 50.4 Å². The summed E-state index contributed by atoms with van der Waals surface area (Å²) in [5.41, 5.74) is 2.55. The molecule has 0 heterocycles. The van der Waals surface area contributed by atoms with Crippen LogP contribution in [0.1, 0.15) is 37.8 Å². The molecule has 2 aromatic carbocycles. The van der Waals surface area contributed by atoms with E-state index >= 15 is 0 Å². The van der Waals surface area contributed by atoms with Crippen LogP contribution in [0.15, 0.2) is 54.6 Å². The molecule has 0 saturated heterocycles. The zero-order chi connectivity index (χ0) is 18.8. The van der Waals surface area contributed by atoms with Gasteiger partial charge in [-0.1, -0.05) is 42.5 Å². The number of carbonyl (C=O) groups is 1. The Balaban J connectivity index is 1.65. The van der Waals surface area contributed by atoms with Crippen molar-refractivity contribution in [1.82, 2.24) is 10.6 Å². The van der Waals surface area contributed by atoms with E-state index in [1.54, 1.807) is 7.11 Å². The molecule has 0 fully saturated rings. The van der Waals surface area contributed by atoms with Gasteiger partial charge in [0.05, 0.1) is 7.11 Å². The number of rotatable bonds is 9. The number of methoxy groups -OCH3 is 1. The Hall–Kier alpha value is -2.49. The number of amides is 2. The minimum atomic E-state index is -0.0900. The van der Waals surface area contributed by atoms with E-state index in [2.05, 4.69) is 34.9 Å². The minimum absolute atomic E-state index is 0.0900. The highest BCUT2D eigenvalue weighted by molar-refractivity contribution is 5.74. The first-order valence-electron chi connectivity index (χ1n) is 9.30. The molecule has 2 N–H and O–H groups in total. The highest BCUT2D eigenvalue weighted by Crippen LogP contribution is 2.13. The molecule has 0 aliphatic carbocycles. The van der Waals surface area contributed by atoms with Gasteiger partial charge in [-0.2, -0.15) is 0 Å². The first-order chi connectivity index (χ1) is 12.6. The van der Waals surface area contributed by atoms with E-state index in [1.165, 1.54) is 11.1 Å². The second kappa shape index (κ2) is 10.5. The molecule has 2 amide bonds. The molecule has 26 heavy (non-hydrogen) atoms. The van der Waals surface area contributed by atoms with Gasteiger partial charge in [0.2, 0.25) is 0 Å². The summed E-state index contributed by atoms with van der Waals surface area (Å²) < 4.78 is 5.17. The van der Waals surface area contributed by atoms with Gasteiger partial charge in [-0.3, -0.25) is 0 Å². The summed E-state index contributed by atoms with van der Waals surface area (Å²) >= 11 is 0. The molecule has 0 spiro atoms. The van der Waals surface area contributed by atoms with Gasteiger partial charge in [0.1, 0.15) is 5.75 Å². The second-order valence-electron chi connectivity index (χ2n) is 6.83. The van der Waals surface area contributed by atoms with E-state index in [1.807, 2.05) is 44.2 Å². The number of urea groups is 1. The number of ether oxygens (including phenoxy) is 1. The lowest BCUT2D eigenvalue weighted by Gasteiger charge is -2.18. The van der Waals surface area contributed by atoms with Crippen LogP contribution in [0.25, 0.3) is 0 Å². The molecule has 0 radical (unpaired) electrons. The number of hydrogen-bond donors (Lipinski definition) is 2. The van der Waals surface area contributed by atoms with Crippen LogP contribution in [-0.4, -0.2) is 25.2 Å². The summed E-state index contributed by atoms with van der Waals surface area (Å²) in [6.45, 7) is 4.09. The first-order valence-corrected chi connectivity index (χ1v) is 9.30. The van der Waals surface area contributed by atoms with E-state index in [4.69, 9.17) is 4.74 Å². The van der Waals surface area contributed by atoms with Gasteiger partial charge in [0.25, 0.3) is 0 Å². The summed E-state index contributed by atoms with van der Waals surface area (Å²) in [6, 6.07) is 18.6. The van der Waals surface area contributed by atoms with Gasteiger partial charge < -0.3 is 15.4 Å². The molecule has 2 atom stereocenters. The number of carbonyl (C=O) groups excluding carboxylic acids is 1. The molecular formula is C22H30N2O2. The predicted octanol–water partition coefficient (Wildman–Crippen LogP) is 4.34. The number of nitrogens with one attached hydrogen (secondary N) is 2. The standard InChI is InChI=1S/C22H30N2O2/c1-17(9-11-19-7-5-4-6-8-19)23-22(25)24-18(2)10-12-20-13-15-21(26-3)16-14-20/h4-8,13-18H,9-12H2,1-3H3,(H2,23,24,25). The third-order valence-corrected chi connectivity index (χ3v) is 4.49. The summed E-state index contributed by atoms with van der Waals surface area (Å²) in [7, 11) is 1.67. The molecule has 0 aliphatic rings. The number of hydrogen-bond acceptors (Lipinski definition) is 2. The predicted molar refractivity (Wildman–Crippen MR) is 107 cm³/mol. The van der Waals surface area contributed by atoms with Gasteiger partial charge in [0, 0.05) is 12.1 Å². The molecule has 0 saturated carbocycles. The highest BCUT2D eigenvalue weighted by atomic mass is 16.5. The fourth-order valence-electron chi connectivity index (χ4n) is 2.84. The van der Waals surface area contributed by atoms with Crippen molar-refractivity contribution in [3.05, 3.63) is 65.7 Å². The normalized spacial score (nSPS) is 12.9. The molecule has 2 aromatic rings. The summed E-state index contributed by atoms with van der Waals surface area (Å²) in [4.78, 5) is 12.1. The summed E-state index contributed by atoms with van der Waals surface area (Å²) in [5.74, 6) is 0.865. The molecular weight excluding hydrogens is 324 g/mol. The maximum Gasteiger partial charge on any atom is 0.315 e.